The summed E-state index contributed by atoms with van der Waals surface area (Å²) in [4.78, 5) is 0. The predicted molar refractivity (Wildman–Crippen MR) is 135 cm³/mol. The van der Waals surface area contributed by atoms with Gasteiger partial charge in [-0.05, 0) is 47.2 Å². The zero-order chi connectivity index (χ0) is 22.8. The van der Waals surface area contributed by atoms with Gasteiger partial charge >= 0.3 is 0 Å². The first-order valence-electron chi connectivity index (χ1n) is 10.6. The van der Waals surface area contributed by atoms with E-state index in [0.717, 1.165) is 12.8 Å². The Bertz CT molecular complexity index is 1100. The summed E-state index contributed by atoms with van der Waals surface area (Å²) in [5.74, 6) is 0.350. The zero-order valence-electron chi connectivity index (χ0n) is 18.1. The van der Waals surface area contributed by atoms with Crippen molar-refractivity contribution in [1.82, 2.24) is 0 Å². The Balaban J connectivity index is 0.000000186. The Morgan fingerprint density at radius 1 is 0.531 bits per heavy atom. The standard InChI is InChI=1S/C18H18.C12H10O2/c1-3-7-15-9-5-11-17(13-15)18-12-6-10-16(14-18)8-4-2;13-11-7-3-1-5-9(11)10-6-2-4-8-12(10)14/h3-6,9-14H,1-2,7-8H2;1-8,13-14H. The van der Waals surface area contributed by atoms with Crippen molar-refractivity contribution in [3.8, 4) is 33.8 Å². The monoisotopic (exact) mass is 420 g/mol. The first-order chi connectivity index (χ1) is 15.6. The molecule has 0 heterocycles. The van der Waals surface area contributed by atoms with Gasteiger partial charge in [-0.15, -0.1) is 13.2 Å². The normalized spacial score (nSPS) is 10.0. The fraction of sp³-hybridized carbons (Fsp3) is 0.0667. The lowest BCUT2D eigenvalue weighted by molar-refractivity contribution is 0.469. The van der Waals surface area contributed by atoms with Crippen LogP contribution in [0.15, 0.2) is 122 Å². The van der Waals surface area contributed by atoms with Gasteiger partial charge in [0.05, 0.1) is 0 Å². The van der Waals surface area contributed by atoms with Gasteiger partial charge in [-0.25, -0.2) is 0 Å². The molecule has 0 saturated heterocycles. The molecule has 0 aliphatic heterocycles. The van der Waals surface area contributed by atoms with E-state index in [2.05, 4.69) is 61.7 Å². The predicted octanol–water partition coefficient (Wildman–Crippen LogP) is 7.58. The number of hydrogen-bond donors (Lipinski definition) is 2. The Kier molecular flexibility index (Phi) is 8.05. The largest absolute Gasteiger partial charge is 0.507 e. The molecule has 0 atom stereocenters. The molecule has 4 aromatic rings. The Morgan fingerprint density at radius 2 is 0.938 bits per heavy atom. The van der Waals surface area contributed by atoms with Crippen molar-refractivity contribution < 1.29 is 10.2 Å². The second-order valence-electron chi connectivity index (χ2n) is 7.42. The van der Waals surface area contributed by atoms with Gasteiger partial charge in [-0.1, -0.05) is 97.1 Å². The van der Waals surface area contributed by atoms with Crippen LogP contribution in [0, 0.1) is 0 Å². The summed E-state index contributed by atoms with van der Waals surface area (Å²) in [5, 5.41) is 19.2. The average molecular weight is 421 g/mol. The van der Waals surface area contributed by atoms with Gasteiger partial charge in [-0.3, -0.25) is 0 Å². The molecule has 0 spiro atoms. The first-order valence-corrected chi connectivity index (χ1v) is 10.6. The molecule has 2 N–H and O–H groups in total. The average Bonchev–Trinajstić information content (AvgIpc) is 2.81. The van der Waals surface area contributed by atoms with Crippen molar-refractivity contribution >= 4 is 0 Å². The van der Waals surface area contributed by atoms with Gasteiger partial charge in [0, 0.05) is 11.1 Å². The number of rotatable bonds is 6. The summed E-state index contributed by atoms with van der Waals surface area (Å²) in [6.07, 6.45) is 5.71. The van der Waals surface area contributed by atoms with Gasteiger partial charge in [0.25, 0.3) is 0 Å². The van der Waals surface area contributed by atoms with Crippen LogP contribution in [0.3, 0.4) is 0 Å². The van der Waals surface area contributed by atoms with Crippen molar-refractivity contribution in [2.75, 3.05) is 0 Å². The number of phenolic OH excluding ortho intramolecular Hbond substituents is 2. The molecule has 0 fully saturated rings. The smallest absolute Gasteiger partial charge is 0.123 e. The highest BCUT2D eigenvalue weighted by atomic mass is 16.3. The fourth-order valence-electron chi connectivity index (χ4n) is 3.49. The van der Waals surface area contributed by atoms with E-state index in [-0.39, 0.29) is 11.5 Å². The van der Waals surface area contributed by atoms with Crippen LogP contribution in [0.4, 0.5) is 0 Å². The zero-order valence-corrected chi connectivity index (χ0v) is 18.1. The van der Waals surface area contributed by atoms with Crippen molar-refractivity contribution in [2.24, 2.45) is 0 Å². The quantitative estimate of drug-likeness (QED) is 0.316. The maximum absolute atomic E-state index is 9.58. The summed E-state index contributed by atoms with van der Waals surface area (Å²) < 4.78 is 0. The molecule has 0 bridgehead atoms. The summed E-state index contributed by atoms with van der Waals surface area (Å²) in [5.41, 5.74) is 6.42. The minimum Gasteiger partial charge on any atom is -0.507 e. The van der Waals surface area contributed by atoms with Crippen molar-refractivity contribution in [3.05, 3.63) is 133 Å². The molecule has 4 aromatic carbocycles. The molecule has 0 amide bonds. The third-order valence-corrected chi connectivity index (χ3v) is 5.05. The van der Waals surface area contributed by atoms with Gasteiger partial charge in [0.2, 0.25) is 0 Å². The maximum Gasteiger partial charge on any atom is 0.123 e. The number of hydrogen-bond acceptors (Lipinski definition) is 2. The van der Waals surface area contributed by atoms with Crippen LogP contribution < -0.4 is 0 Å². The van der Waals surface area contributed by atoms with Crippen molar-refractivity contribution in [2.45, 2.75) is 12.8 Å². The van der Waals surface area contributed by atoms with Crippen LogP contribution in [-0.4, -0.2) is 10.2 Å². The maximum atomic E-state index is 9.58. The highest BCUT2D eigenvalue weighted by Crippen LogP contribution is 2.34. The Labute approximate surface area is 190 Å². The van der Waals surface area contributed by atoms with Crippen molar-refractivity contribution in [3.63, 3.8) is 0 Å². The molecule has 160 valence electrons. The Hall–Kier alpha value is -4.04. The molecule has 0 aliphatic rings. The van der Waals surface area contributed by atoms with E-state index in [0.29, 0.717) is 11.1 Å². The van der Waals surface area contributed by atoms with E-state index in [1.165, 1.54) is 22.3 Å². The highest BCUT2D eigenvalue weighted by Gasteiger charge is 2.06. The van der Waals surface area contributed by atoms with Crippen LogP contribution >= 0.6 is 0 Å². The van der Waals surface area contributed by atoms with Gasteiger partial charge in [0.1, 0.15) is 11.5 Å². The molecule has 0 saturated carbocycles. The van der Waals surface area contributed by atoms with Gasteiger partial charge in [0.15, 0.2) is 0 Å². The third kappa shape index (κ3) is 5.99. The van der Waals surface area contributed by atoms with E-state index in [4.69, 9.17) is 0 Å². The number of phenols is 2. The molecular formula is C30H28O2. The van der Waals surface area contributed by atoms with E-state index in [9.17, 15) is 10.2 Å². The first kappa shape index (κ1) is 22.6. The molecule has 0 aromatic heterocycles. The number of allylic oxidation sites excluding steroid dienone is 2. The molecule has 0 radical (unpaired) electrons. The third-order valence-electron chi connectivity index (χ3n) is 5.05. The molecule has 2 heteroatoms. The summed E-state index contributed by atoms with van der Waals surface area (Å²) in [7, 11) is 0. The van der Waals surface area contributed by atoms with E-state index >= 15 is 0 Å². The van der Waals surface area contributed by atoms with Crippen LogP contribution in [0.2, 0.25) is 0 Å². The lowest BCUT2D eigenvalue weighted by Gasteiger charge is -2.06. The van der Waals surface area contributed by atoms with Crippen LogP contribution in [0.1, 0.15) is 11.1 Å². The van der Waals surface area contributed by atoms with Crippen LogP contribution in [0.25, 0.3) is 22.3 Å². The van der Waals surface area contributed by atoms with E-state index < -0.39 is 0 Å². The molecule has 0 unspecified atom stereocenters. The SMILES string of the molecule is C=CCc1cccc(-c2cccc(CC=C)c2)c1.Oc1ccccc1-c1ccccc1O. The second kappa shape index (κ2) is 11.4. The Morgan fingerprint density at radius 3 is 1.31 bits per heavy atom. The second-order valence-corrected chi connectivity index (χ2v) is 7.42. The molecule has 0 aliphatic carbocycles. The lowest BCUT2D eigenvalue weighted by Crippen LogP contribution is -1.85. The van der Waals surface area contributed by atoms with Gasteiger partial charge < -0.3 is 10.2 Å². The van der Waals surface area contributed by atoms with Crippen LogP contribution in [-0.2, 0) is 12.8 Å². The molecular weight excluding hydrogens is 392 g/mol. The highest BCUT2D eigenvalue weighted by molar-refractivity contribution is 5.74. The molecule has 32 heavy (non-hydrogen) atoms. The number of benzene rings is 4. The van der Waals surface area contributed by atoms with Gasteiger partial charge in [-0.2, -0.15) is 0 Å². The summed E-state index contributed by atoms with van der Waals surface area (Å²) >= 11 is 0. The number of para-hydroxylation sites is 2. The fourth-order valence-corrected chi connectivity index (χ4v) is 3.49. The molecule has 4 rings (SSSR count). The summed E-state index contributed by atoms with van der Waals surface area (Å²) in [6.45, 7) is 7.57. The van der Waals surface area contributed by atoms with E-state index in [1.54, 1.807) is 36.4 Å². The lowest BCUT2D eigenvalue weighted by atomic mass is 9.99. The number of aromatic hydroxyl groups is 2. The topological polar surface area (TPSA) is 40.5 Å². The van der Waals surface area contributed by atoms with Crippen LogP contribution in [0.5, 0.6) is 11.5 Å². The minimum absolute atomic E-state index is 0.175. The van der Waals surface area contributed by atoms with E-state index in [1.807, 2.05) is 24.3 Å². The molecule has 2 nitrogen and oxygen atoms in total. The van der Waals surface area contributed by atoms with Crippen molar-refractivity contribution in [1.29, 1.82) is 0 Å². The minimum atomic E-state index is 0.175. The summed E-state index contributed by atoms with van der Waals surface area (Å²) in [6, 6.07) is 31.1.